The van der Waals surface area contributed by atoms with Crippen LogP contribution in [0.5, 0.6) is 5.75 Å². The summed E-state index contributed by atoms with van der Waals surface area (Å²) in [6, 6.07) is 8.22. The Morgan fingerprint density at radius 3 is 2.53 bits per heavy atom. The van der Waals surface area contributed by atoms with E-state index in [1.165, 1.54) is 5.56 Å². The van der Waals surface area contributed by atoms with Gasteiger partial charge in [-0.3, -0.25) is 0 Å². The summed E-state index contributed by atoms with van der Waals surface area (Å²) < 4.78 is 5.77. The van der Waals surface area contributed by atoms with Gasteiger partial charge in [0, 0.05) is 5.16 Å². The second kappa shape index (κ2) is 6.35. The van der Waals surface area contributed by atoms with Gasteiger partial charge in [0.1, 0.15) is 5.75 Å². The number of rotatable bonds is 4. The number of hydrogen-bond acceptors (Lipinski definition) is 1. The smallest absolute Gasteiger partial charge is 0.123 e. The van der Waals surface area contributed by atoms with E-state index in [4.69, 9.17) is 4.52 Å². The van der Waals surface area contributed by atoms with E-state index in [2.05, 4.69) is 39.8 Å². The lowest BCUT2D eigenvalue weighted by Gasteiger charge is -2.22. The molecule has 1 atom stereocenters. The fourth-order valence-electron chi connectivity index (χ4n) is 0.948. The molecule has 0 saturated heterocycles. The predicted molar refractivity (Wildman–Crippen MR) is 71.7 cm³/mol. The van der Waals surface area contributed by atoms with Gasteiger partial charge < -0.3 is 4.52 Å². The Hall–Kier alpha value is -0.260. The first-order chi connectivity index (χ1) is 6.53. The van der Waals surface area contributed by atoms with Crippen LogP contribution < -0.4 is 4.52 Å². The molecule has 0 heterocycles. The van der Waals surface area contributed by atoms with Crippen LogP contribution in [0.4, 0.5) is 0 Å². The van der Waals surface area contributed by atoms with Crippen molar-refractivity contribution in [3.05, 3.63) is 29.8 Å². The second-order valence-electron chi connectivity index (χ2n) is 4.26. The first-order valence-electron chi connectivity index (χ1n) is 5.04. The molecule has 1 aromatic carbocycles. The molecule has 1 nitrogen and oxygen atoms in total. The van der Waals surface area contributed by atoms with E-state index in [9.17, 15) is 0 Å². The Balaban J connectivity index is 0.00000196. The zero-order chi connectivity index (χ0) is 10.6. The Kier molecular flexibility index (Phi) is 6.24. The van der Waals surface area contributed by atoms with E-state index in [-0.39, 0.29) is 12.4 Å². The largest absolute Gasteiger partial charge is 0.477 e. The van der Waals surface area contributed by atoms with Crippen LogP contribution in [-0.2, 0) is 0 Å². The molecule has 0 bridgehead atoms. The molecule has 0 radical (unpaired) electrons. The van der Waals surface area contributed by atoms with Gasteiger partial charge in [-0.15, -0.1) is 12.4 Å². The quantitative estimate of drug-likeness (QED) is 0.707. The first kappa shape index (κ1) is 14.7. The van der Waals surface area contributed by atoms with Crippen LogP contribution in [0.3, 0.4) is 0 Å². The SMILES string of the molecule is CCC(C)(C)POc1cccc(C)c1.Cl. The minimum absolute atomic E-state index is 0. The molecule has 0 amide bonds. The summed E-state index contributed by atoms with van der Waals surface area (Å²) in [7, 11) is 0.533. The molecule has 0 spiro atoms. The Bertz CT molecular complexity index is 299. The van der Waals surface area contributed by atoms with Gasteiger partial charge in [0.05, 0.1) is 8.81 Å². The molecule has 0 aliphatic heterocycles. The molecule has 0 fully saturated rings. The summed E-state index contributed by atoms with van der Waals surface area (Å²) in [6.07, 6.45) is 1.15. The summed E-state index contributed by atoms with van der Waals surface area (Å²) in [5, 5.41) is 0.295. The van der Waals surface area contributed by atoms with Crippen LogP contribution in [0, 0.1) is 6.92 Å². The molecular formula is C12H20ClOP. The number of hydrogen-bond donors (Lipinski definition) is 0. The van der Waals surface area contributed by atoms with Gasteiger partial charge in [-0.1, -0.05) is 32.9 Å². The highest BCUT2D eigenvalue weighted by Gasteiger charge is 2.16. The van der Waals surface area contributed by atoms with E-state index in [1.54, 1.807) is 0 Å². The topological polar surface area (TPSA) is 9.23 Å². The highest BCUT2D eigenvalue weighted by molar-refractivity contribution is 7.34. The standard InChI is InChI=1S/C12H19OP.ClH/c1-5-12(3,4)14-13-11-8-6-7-10(2)9-11;/h6-9,14H,5H2,1-4H3;1H. The molecule has 86 valence electrons. The Labute approximate surface area is 101 Å². The Morgan fingerprint density at radius 1 is 1.33 bits per heavy atom. The zero-order valence-electron chi connectivity index (χ0n) is 9.83. The zero-order valence-corrected chi connectivity index (χ0v) is 11.6. The van der Waals surface area contributed by atoms with Gasteiger partial charge in [0.25, 0.3) is 0 Å². The molecule has 3 heteroatoms. The molecule has 1 rings (SSSR count). The summed E-state index contributed by atoms with van der Waals surface area (Å²) in [5.74, 6) is 0.991. The molecule has 0 aromatic heterocycles. The molecule has 0 saturated carbocycles. The van der Waals surface area contributed by atoms with Crippen molar-refractivity contribution < 1.29 is 4.52 Å². The molecule has 0 aliphatic rings. The summed E-state index contributed by atoms with van der Waals surface area (Å²) in [4.78, 5) is 0. The van der Waals surface area contributed by atoms with Crippen molar-refractivity contribution in [3.63, 3.8) is 0 Å². The van der Waals surface area contributed by atoms with Crippen LogP contribution in [-0.4, -0.2) is 5.16 Å². The van der Waals surface area contributed by atoms with Gasteiger partial charge in [-0.2, -0.15) is 0 Å². The maximum atomic E-state index is 5.77. The second-order valence-corrected chi connectivity index (χ2v) is 6.02. The van der Waals surface area contributed by atoms with Gasteiger partial charge in [-0.05, 0) is 31.0 Å². The monoisotopic (exact) mass is 246 g/mol. The average molecular weight is 247 g/mol. The van der Waals surface area contributed by atoms with Crippen LogP contribution in [0.1, 0.15) is 32.8 Å². The molecule has 0 N–H and O–H groups in total. The Morgan fingerprint density at radius 2 is 2.00 bits per heavy atom. The summed E-state index contributed by atoms with van der Waals surface area (Å²) >= 11 is 0. The minimum Gasteiger partial charge on any atom is -0.477 e. The van der Waals surface area contributed by atoms with E-state index in [0.29, 0.717) is 14.0 Å². The normalized spacial score (nSPS) is 11.5. The fourth-order valence-corrected chi connectivity index (χ4v) is 1.61. The van der Waals surface area contributed by atoms with E-state index in [0.717, 1.165) is 12.2 Å². The van der Waals surface area contributed by atoms with Crippen LogP contribution in [0.25, 0.3) is 0 Å². The van der Waals surface area contributed by atoms with Crippen molar-refractivity contribution >= 4 is 21.2 Å². The third-order valence-corrected chi connectivity index (χ3v) is 3.56. The number of halogens is 1. The maximum absolute atomic E-state index is 5.77. The minimum atomic E-state index is 0. The lowest BCUT2D eigenvalue weighted by Crippen LogP contribution is -2.11. The van der Waals surface area contributed by atoms with Crippen molar-refractivity contribution in [2.24, 2.45) is 0 Å². The van der Waals surface area contributed by atoms with Crippen molar-refractivity contribution in [3.8, 4) is 5.75 Å². The molecule has 0 aliphatic carbocycles. The van der Waals surface area contributed by atoms with Crippen LogP contribution in [0.2, 0.25) is 0 Å². The molecule has 15 heavy (non-hydrogen) atoms. The third kappa shape index (κ3) is 5.39. The van der Waals surface area contributed by atoms with Crippen molar-refractivity contribution in [2.45, 2.75) is 39.3 Å². The van der Waals surface area contributed by atoms with Gasteiger partial charge in [0.15, 0.2) is 0 Å². The highest BCUT2D eigenvalue weighted by Crippen LogP contribution is 2.36. The molecule has 1 unspecified atom stereocenters. The average Bonchev–Trinajstić information content (AvgIpc) is 2.15. The lowest BCUT2D eigenvalue weighted by molar-refractivity contribution is 0.568. The van der Waals surface area contributed by atoms with Crippen LogP contribution >= 0.6 is 21.2 Å². The van der Waals surface area contributed by atoms with Crippen molar-refractivity contribution in [1.29, 1.82) is 0 Å². The highest BCUT2D eigenvalue weighted by atomic mass is 35.5. The first-order valence-corrected chi connectivity index (χ1v) is 5.95. The lowest BCUT2D eigenvalue weighted by atomic mass is 10.1. The van der Waals surface area contributed by atoms with E-state index in [1.807, 2.05) is 12.1 Å². The van der Waals surface area contributed by atoms with Crippen molar-refractivity contribution in [1.82, 2.24) is 0 Å². The maximum Gasteiger partial charge on any atom is 0.123 e. The fraction of sp³-hybridized carbons (Fsp3) is 0.500. The molecule has 1 aromatic rings. The van der Waals surface area contributed by atoms with Gasteiger partial charge in [0.2, 0.25) is 0 Å². The van der Waals surface area contributed by atoms with E-state index < -0.39 is 0 Å². The third-order valence-electron chi connectivity index (χ3n) is 2.32. The van der Waals surface area contributed by atoms with Crippen LogP contribution in [0.15, 0.2) is 24.3 Å². The predicted octanol–water partition coefficient (Wildman–Crippen LogP) is 4.58. The van der Waals surface area contributed by atoms with Crippen molar-refractivity contribution in [2.75, 3.05) is 0 Å². The van der Waals surface area contributed by atoms with Gasteiger partial charge >= 0.3 is 0 Å². The molecular weight excluding hydrogens is 227 g/mol. The van der Waals surface area contributed by atoms with E-state index >= 15 is 0 Å². The summed E-state index contributed by atoms with van der Waals surface area (Å²) in [5.41, 5.74) is 1.25. The number of aryl methyl sites for hydroxylation is 1. The number of benzene rings is 1. The summed E-state index contributed by atoms with van der Waals surface area (Å²) in [6.45, 7) is 8.76. The van der Waals surface area contributed by atoms with Gasteiger partial charge in [-0.25, -0.2) is 0 Å².